The predicted octanol–water partition coefficient (Wildman–Crippen LogP) is 12.4. The molecule has 12 rings (SSSR count). The molecule has 0 N–H and O–H groups in total. The zero-order valence-electron chi connectivity index (χ0n) is 31.9. The lowest BCUT2D eigenvalue weighted by Gasteiger charge is -2.40. The fourth-order valence-electron chi connectivity index (χ4n) is 9.65. The fourth-order valence-corrected chi connectivity index (χ4v) is 9.65. The van der Waals surface area contributed by atoms with E-state index in [0.717, 1.165) is 55.5 Å². The number of benzene rings is 7. The van der Waals surface area contributed by atoms with E-state index in [-0.39, 0.29) is 17.7 Å². The minimum Gasteiger partial charge on any atom is -0.466 e. The van der Waals surface area contributed by atoms with E-state index in [0.29, 0.717) is 0 Å². The highest BCUT2D eigenvalue weighted by Crippen LogP contribution is 2.48. The van der Waals surface area contributed by atoms with Crippen LogP contribution in [0.15, 0.2) is 136 Å². The van der Waals surface area contributed by atoms with Gasteiger partial charge in [0.1, 0.15) is 22.4 Å². The number of rotatable bonds is 1. The summed E-state index contributed by atoms with van der Waals surface area (Å²) in [5.74, 6) is 0. The van der Waals surface area contributed by atoms with E-state index in [4.69, 9.17) is 8.83 Å². The average Bonchev–Trinajstić information content (AvgIpc) is 3.84. The number of hydrogen-bond acceptors (Lipinski definition) is 3. The summed E-state index contributed by atoms with van der Waals surface area (Å²) in [6, 6.07) is 47.3. The fraction of sp³-hybridized carbons (Fsp3) is 0.160. The van der Waals surface area contributed by atoms with Crippen molar-refractivity contribution in [1.29, 1.82) is 0 Å². The van der Waals surface area contributed by atoms with Gasteiger partial charge in [-0.1, -0.05) is 114 Å². The number of anilines is 2. The van der Waals surface area contributed by atoms with Crippen LogP contribution in [0.3, 0.4) is 0 Å². The highest BCUT2D eigenvalue weighted by molar-refractivity contribution is 6.93. The van der Waals surface area contributed by atoms with Crippen LogP contribution in [-0.2, 0) is 10.8 Å². The van der Waals surface area contributed by atoms with Gasteiger partial charge in [-0.25, -0.2) is 0 Å². The van der Waals surface area contributed by atoms with E-state index in [1.165, 1.54) is 60.5 Å². The summed E-state index contributed by atoms with van der Waals surface area (Å²) in [4.78, 5) is 2.56. The third-order valence-corrected chi connectivity index (χ3v) is 12.4. The molecule has 0 fully saturated rings. The molecule has 4 nitrogen and oxygen atoms in total. The molecule has 0 spiro atoms. The zero-order chi connectivity index (χ0) is 37.1. The molecule has 10 aromatic rings. The van der Waals surface area contributed by atoms with Crippen molar-refractivity contribution >= 4 is 94.8 Å². The first-order valence-electron chi connectivity index (χ1n) is 19.5. The van der Waals surface area contributed by atoms with Crippen molar-refractivity contribution in [1.82, 2.24) is 4.57 Å². The maximum Gasteiger partial charge on any atom is 0.375 e. The van der Waals surface area contributed by atoms with E-state index in [1.54, 1.807) is 0 Å². The Morgan fingerprint density at radius 3 is 2.00 bits per heavy atom. The summed E-state index contributed by atoms with van der Waals surface area (Å²) in [6.45, 7) is 13.5. The molecular formula is C50H39BN2O2. The Bertz CT molecular complexity index is 3290. The molecule has 2 aliphatic heterocycles. The summed E-state index contributed by atoms with van der Waals surface area (Å²) in [7, 11) is 0. The molecule has 0 bridgehead atoms. The Hall–Kier alpha value is -6.20. The number of nitrogens with zero attached hydrogens (tertiary/aromatic N) is 2. The average molecular weight is 711 g/mol. The largest absolute Gasteiger partial charge is 0.466 e. The third kappa shape index (κ3) is 4.13. The van der Waals surface area contributed by atoms with Crippen LogP contribution in [0.4, 0.5) is 11.4 Å². The van der Waals surface area contributed by atoms with Crippen molar-refractivity contribution in [3.63, 3.8) is 0 Å². The molecule has 55 heavy (non-hydrogen) atoms. The lowest BCUT2D eigenvalue weighted by atomic mass is 9.46. The summed E-state index contributed by atoms with van der Waals surface area (Å²) in [5, 5.41) is 8.33. The Kier molecular flexibility index (Phi) is 5.84. The van der Waals surface area contributed by atoms with Gasteiger partial charge in [0.2, 0.25) is 0 Å². The van der Waals surface area contributed by atoms with Crippen molar-refractivity contribution in [2.75, 3.05) is 4.81 Å². The second-order valence-electron chi connectivity index (χ2n) is 17.8. The first-order valence-corrected chi connectivity index (χ1v) is 19.5. The minimum atomic E-state index is -0.200. The second-order valence-corrected chi connectivity index (χ2v) is 17.8. The van der Waals surface area contributed by atoms with Crippen LogP contribution >= 0.6 is 0 Å². The van der Waals surface area contributed by atoms with Crippen molar-refractivity contribution < 1.29 is 8.83 Å². The van der Waals surface area contributed by atoms with Crippen LogP contribution in [0.25, 0.3) is 82.3 Å². The van der Waals surface area contributed by atoms with Crippen molar-refractivity contribution in [2.45, 2.75) is 52.4 Å². The minimum absolute atomic E-state index is 0.0295. The number of furan rings is 2. The van der Waals surface area contributed by atoms with Crippen molar-refractivity contribution in [3.8, 4) is 16.8 Å². The Morgan fingerprint density at radius 1 is 0.509 bits per heavy atom. The maximum atomic E-state index is 7.24. The lowest BCUT2D eigenvalue weighted by molar-refractivity contribution is 0.590. The summed E-state index contributed by atoms with van der Waals surface area (Å²) in [5.41, 5.74) is 15.9. The molecule has 3 aromatic heterocycles. The van der Waals surface area contributed by atoms with Gasteiger partial charge in [-0.05, 0) is 92.3 Å². The standard InChI is InChI=1S/C50H39BN2O2/c1-49(2,3)30-15-18-32(19-16-30)53-41-24-29-12-8-7-11-28(29)23-36(41)34-20-21-35-37-26-38-33-13-9-10-14-42(33)54-44(38)27-40(37)52-46(35)45(34)51(53)48-47(52)39-25-31(50(4,5)6)17-22-43(39)55-48/h7-27H,1-6H3. The molecule has 7 aromatic carbocycles. The maximum absolute atomic E-state index is 7.24. The Labute approximate surface area is 319 Å². The van der Waals surface area contributed by atoms with Crippen LogP contribution in [0, 0.1) is 0 Å². The highest BCUT2D eigenvalue weighted by atomic mass is 16.3. The highest BCUT2D eigenvalue weighted by Gasteiger charge is 2.47. The molecule has 0 amide bonds. The summed E-state index contributed by atoms with van der Waals surface area (Å²) >= 11 is 0. The van der Waals surface area contributed by atoms with Gasteiger partial charge in [0, 0.05) is 49.9 Å². The van der Waals surface area contributed by atoms with Gasteiger partial charge in [0.15, 0.2) is 0 Å². The number of hydrogen-bond donors (Lipinski definition) is 0. The van der Waals surface area contributed by atoms with Crippen LogP contribution in [0.2, 0.25) is 0 Å². The Balaban J connectivity index is 1.27. The number of fused-ring (bicyclic) bond motifs is 14. The SMILES string of the molecule is CC(C)(C)c1ccc(N2B3c4oc5ccc(C(C)(C)C)cc5c4-n4c5cc6oc7ccccc7c6cc5c5ccc(c3c54)-c3cc4ccccc4cc32)cc1. The summed E-state index contributed by atoms with van der Waals surface area (Å²) in [6.07, 6.45) is 0. The Morgan fingerprint density at radius 2 is 1.22 bits per heavy atom. The van der Waals surface area contributed by atoms with Crippen LogP contribution in [0.1, 0.15) is 52.7 Å². The topological polar surface area (TPSA) is 34.5 Å². The van der Waals surface area contributed by atoms with E-state index < -0.39 is 0 Å². The second kappa shape index (κ2) is 10.3. The van der Waals surface area contributed by atoms with E-state index >= 15 is 0 Å². The van der Waals surface area contributed by atoms with Gasteiger partial charge >= 0.3 is 6.85 Å². The molecule has 0 saturated carbocycles. The van der Waals surface area contributed by atoms with Crippen molar-refractivity contribution in [3.05, 3.63) is 139 Å². The van der Waals surface area contributed by atoms with Gasteiger partial charge in [-0.2, -0.15) is 0 Å². The normalized spacial score (nSPS) is 13.9. The molecular weight excluding hydrogens is 671 g/mol. The number of para-hydroxylation sites is 1. The van der Waals surface area contributed by atoms with Crippen LogP contribution in [0.5, 0.6) is 0 Å². The molecule has 5 heterocycles. The molecule has 5 heteroatoms. The smallest absolute Gasteiger partial charge is 0.375 e. The molecule has 0 atom stereocenters. The van der Waals surface area contributed by atoms with Gasteiger partial charge < -0.3 is 18.2 Å². The first kappa shape index (κ1) is 31.2. The third-order valence-electron chi connectivity index (χ3n) is 12.4. The summed E-state index contributed by atoms with van der Waals surface area (Å²) < 4.78 is 16.3. The molecule has 2 aliphatic rings. The van der Waals surface area contributed by atoms with E-state index in [1.807, 2.05) is 6.07 Å². The van der Waals surface area contributed by atoms with Crippen LogP contribution in [-0.4, -0.2) is 11.4 Å². The van der Waals surface area contributed by atoms with Gasteiger partial charge in [0.05, 0.1) is 16.7 Å². The first-order chi connectivity index (χ1) is 26.5. The van der Waals surface area contributed by atoms with Gasteiger partial charge in [-0.15, -0.1) is 0 Å². The molecule has 264 valence electrons. The molecule has 0 radical (unpaired) electrons. The lowest BCUT2D eigenvalue weighted by Crippen LogP contribution is -2.60. The van der Waals surface area contributed by atoms with E-state index in [2.05, 4.69) is 172 Å². The quantitative estimate of drug-likeness (QED) is 0.159. The van der Waals surface area contributed by atoms with Gasteiger partial charge in [0.25, 0.3) is 0 Å². The van der Waals surface area contributed by atoms with Crippen LogP contribution < -0.4 is 15.9 Å². The monoisotopic (exact) mass is 710 g/mol. The molecule has 0 aliphatic carbocycles. The van der Waals surface area contributed by atoms with E-state index in [9.17, 15) is 0 Å². The zero-order valence-corrected chi connectivity index (χ0v) is 31.9. The number of aromatic nitrogens is 1. The van der Waals surface area contributed by atoms with Gasteiger partial charge in [-0.3, -0.25) is 0 Å². The predicted molar refractivity (Wildman–Crippen MR) is 232 cm³/mol. The molecule has 0 saturated heterocycles. The van der Waals surface area contributed by atoms with Crippen molar-refractivity contribution in [2.24, 2.45) is 0 Å². The molecule has 0 unspecified atom stereocenters.